The molecule has 0 amide bonds. The second kappa shape index (κ2) is 7.96. The molecule has 0 radical (unpaired) electrons. The summed E-state index contributed by atoms with van der Waals surface area (Å²) >= 11 is 0. The molecule has 0 spiro atoms. The standard InChI is InChI=1S/C18H18N2O5/c1-19-14-7-4-12(10-15(14)20(22)23)5-8-16(21)13-6-9-17(24-2)18(11-13)25-3/h4-11,19H,1-3H3/b8-5+. The number of carbonyl (C=O) groups excluding carboxylic acids is 1. The maximum atomic E-state index is 12.3. The number of allylic oxidation sites excluding steroid dienone is 1. The highest BCUT2D eigenvalue weighted by Gasteiger charge is 2.13. The van der Waals surface area contributed by atoms with Crippen LogP contribution in [0.15, 0.2) is 42.5 Å². The smallest absolute Gasteiger partial charge is 0.292 e. The van der Waals surface area contributed by atoms with Crippen LogP contribution in [0.3, 0.4) is 0 Å². The summed E-state index contributed by atoms with van der Waals surface area (Å²) in [7, 11) is 4.61. The average molecular weight is 342 g/mol. The molecule has 0 bridgehead atoms. The van der Waals surface area contributed by atoms with Crippen LogP contribution in [0.5, 0.6) is 11.5 Å². The van der Waals surface area contributed by atoms with Gasteiger partial charge in [0.25, 0.3) is 5.69 Å². The van der Waals surface area contributed by atoms with Gasteiger partial charge in [0.2, 0.25) is 0 Å². The summed E-state index contributed by atoms with van der Waals surface area (Å²) in [6.07, 6.45) is 2.89. The minimum atomic E-state index is -0.473. The van der Waals surface area contributed by atoms with Crippen LogP contribution in [-0.4, -0.2) is 32.0 Å². The number of hydrogen-bond acceptors (Lipinski definition) is 6. The van der Waals surface area contributed by atoms with Crippen molar-refractivity contribution in [2.75, 3.05) is 26.6 Å². The van der Waals surface area contributed by atoms with Gasteiger partial charge in [-0.2, -0.15) is 0 Å². The first-order valence-corrected chi connectivity index (χ1v) is 7.40. The first-order chi connectivity index (χ1) is 12.0. The Kier molecular flexibility index (Phi) is 5.73. The van der Waals surface area contributed by atoms with Crippen LogP contribution in [0.2, 0.25) is 0 Å². The van der Waals surface area contributed by atoms with Gasteiger partial charge < -0.3 is 14.8 Å². The third-order valence-corrected chi connectivity index (χ3v) is 3.58. The third kappa shape index (κ3) is 4.14. The Morgan fingerprint density at radius 1 is 1.12 bits per heavy atom. The first kappa shape index (κ1) is 18.0. The van der Waals surface area contributed by atoms with Crippen LogP contribution in [0, 0.1) is 10.1 Å². The number of carbonyl (C=O) groups is 1. The zero-order valence-electron chi connectivity index (χ0n) is 14.1. The van der Waals surface area contributed by atoms with Crippen LogP contribution >= 0.6 is 0 Å². The summed E-state index contributed by atoms with van der Waals surface area (Å²) in [5, 5.41) is 13.8. The van der Waals surface area contributed by atoms with E-state index in [0.717, 1.165) is 0 Å². The van der Waals surface area contributed by atoms with Crippen LogP contribution in [0.25, 0.3) is 6.08 Å². The Balaban J connectivity index is 2.26. The average Bonchev–Trinajstić information content (AvgIpc) is 2.65. The van der Waals surface area contributed by atoms with Gasteiger partial charge in [0, 0.05) is 18.7 Å². The van der Waals surface area contributed by atoms with Gasteiger partial charge in [-0.1, -0.05) is 12.1 Å². The Hall–Kier alpha value is -3.35. The van der Waals surface area contributed by atoms with E-state index in [1.54, 1.807) is 37.4 Å². The second-order valence-electron chi connectivity index (χ2n) is 5.05. The van der Waals surface area contributed by atoms with E-state index in [1.165, 1.54) is 32.4 Å². The Bertz CT molecular complexity index is 830. The number of hydrogen-bond donors (Lipinski definition) is 1. The number of nitro groups is 1. The normalized spacial score (nSPS) is 10.5. The predicted octanol–water partition coefficient (Wildman–Crippen LogP) is 3.55. The lowest BCUT2D eigenvalue weighted by Crippen LogP contribution is -1.98. The number of nitrogens with zero attached hydrogens (tertiary/aromatic N) is 1. The minimum absolute atomic E-state index is 0.0526. The van der Waals surface area contributed by atoms with Gasteiger partial charge in [0.05, 0.1) is 19.1 Å². The number of ether oxygens (including phenoxy) is 2. The van der Waals surface area contributed by atoms with E-state index in [2.05, 4.69) is 5.32 Å². The fourth-order valence-corrected chi connectivity index (χ4v) is 2.27. The molecular formula is C18H18N2O5. The SMILES string of the molecule is CNc1ccc(/C=C/C(=O)c2ccc(OC)c(OC)c2)cc1[N+](=O)[O-]. The summed E-state index contributed by atoms with van der Waals surface area (Å²) in [6.45, 7) is 0. The number of anilines is 1. The van der Waals surface area contributed by atoms with Gasteiger partial charge in [0.1, 0.15) is 5.69 Å². The van der Waals surface area contributed by atoms with Gasteiger partial charge in [-0.25, -0.2) is 0 Å². The van der Waals surface area contributed by atoms with E-state index in [-0.39, 0.29) is 11.5 Å². The predicted molar refractivity (Wildman–Crippen MR) is 95.6 cm³/mol. The summed E-state index contributed by atoms with van der Waals surface area (Å²) in [4.78, 5) is 22.9. The van der Waals surface area contributed by atoms with E-state index in [0.29, 0.717) is 28.3 Å². The van der Waals surface area contributed by atoms with Crippen molar-refractivity contribution in [3.05, 3.63) is 63.7 Å². The summed E-state index contributed by atoms with van der Waals surface area (Å²) in [6, 6.07) is 9.55. The summed E-state index contributed by atoms with van der Waals surface area (Å²) in [5.74, 6) is 0.735. The van der Waals surface area contributed by atoms with Crippen molar-refractivity contribution in [2.45, 2.75) is 0 Å². The summed E-state index contributed by atoms with van der Waals surface area (Å²) in [5.41, 5.74) is 1.34. The molecule has 0 saturated heterocycles. The maximum absolute atomic E-state index is 12.3. The van der Waals surface area contributed by atoms with Crippen LogP contribution in [0.4, 0.5) is 11.4 Å². The zero-order chi connectivity index (χ0) is 18.4. The molecule has 2 aromatic rings. The molecule has 0 aromatic heterocycles. The first-order valence-electron chi connectivity index (χ1n) is 7.40. The molecule has 0 aliphatic carbocycles. The van der Waals surface area contributed by atoms with E-state index in [1.807, 2.05) is 0 Å². The molecule has 0 aliphatic rings. The lowest BCUT2D eigenvalue weighted by atomic mass is 10.1. The molecular weight excluding hydrogens is 324 g/mol. The lowest BCUT2D eigenvalue weighted by Gasteiger charge is -2.08. The van der Waals surface area contributed by atoms with Crippen molar-refractivity contribution in [1.82, 2.24) is 0 Å². The van der Waals surface area contributed by atoms with Gasteiger partial charge in [-0.05, 0) is 35.9 Å². The molecule has 2 aromatic carbocycles. The van der Waals surface area contributed by atoms with Crippen LogP contribution < -0.4 is 14.8 Å². The number of nitro benzene ring substituents is 1. The van der Waals surface area contributed by atoms with Crippen molar-refractivity contribution in [1.29, 1.82) is 0 Å². The van der Waals surface area contributed by atoms with E-state index < -0.39 is 4.92 Å². The highest BCUT2D eigenvalue weighted by molar-refractivity contribution is 6.07. The molecule has 0 atom stereocenters. The van der Waals surface area contributed by atoms with Crippen molar-refractivity contribution < 1.29 is 19.2 Å². The maximum Gasteiger partial charge on any atom is 0.292 e. The van der Waals surface area contributed by atoms with Crippen molar-refractivity contribution in [3.8, 4) is 11.5 Å². The van der Waals surface area contributed by atoms with E-state index in [4.69, 9.17) is 9.47 Å². The fourth-order valence-electron chi connectivity index (χ4n) is 2.27. The Morgan fingerprint density at radius 3 is 2.44 bits per heavy atom. The monoisotopic (exact) mass is 342 g/mol. The van der Waals surface area contributed by atoms with Crippen LogP contribution in [-0.2, 0) is 0 Å². The van der Waals surface area contributed by atoms with Gasteiger partial charge >= 0.3 is 0 Å². The van der Waals surface area contributed by atoms with Crippen molar-refractivity contribution in [3.63, 3.8) is 0 Å². The molecule has 0 saturated carbocycles. The number of nitrogens with one attached hydrogen (secondary N) is 1. The molecule has 25 heavy (non-hydrogen) atoms. The number of benzene rings is 2. The highest BCUT2D eigenvalue weighted by atomic mass is 16.6. The Morgan fingerprint density at radius 2 is 1.84 bits per heavy atom. The molecule has 130 valence electrons. The molecule has 0 aliphatic heterocycles. The second-order valence-corrected chi connectivity index (χ2v) is 5.05. The van der Waals surface area contributed by atoms with Gasteiger partial charge in [-0.3, -0.25) is 14.9 Å². The number of ketones is 1. The zero-order valence-corrected chi connectivity index (χ0v) is 14.1. The fraction of sp³-hybridized carbons (Fsp3) is 0.167. The van der Waals surface area contributed by atoms with Gasteiger partial charge in [-0.15, -0.1) is 0 Å². The Labute approximate surface area is 145 Å². The van der Waals surface area contributed by atoms with Crippen molar-refractivity contribution in [2.24, 2.45) is 0 Å². The van der Waals surface area contributed by atoms with Gasteiger partial charge in [0.15, 0.2) is 17.3 Å². The molecule has 2 rings (SSSR count). The van der Waals surface area contributed by atoms with E-state index in [9.17, 15) is 14.9 Å². The largest absolute Gasteiger partial charge is 0.493 e. The lowest BCUT2D eigenvalue weighted by molar-refractivity contribution is -0.383. The number of methoxy groups -OCH3 is 2. The minimum Gasteiger partial charge on any atom is -0.493 e. The summed E-state index contributed by atoms with van der Waals surface area (Å²) < 4.78 is 10.3. The molecule has 0 fully saturated rings. The van der Waals surface area contributed by atoms with E-state index >= 15 is 0 Å². The molecule has 0 unspecified atom stereocenters. The third-order valence-electron chi connectivity index (χ3n) is 3.58. The highest BCUT2D eigenvalue weighted by Crippen LogP contribution is 2.28. The quantitative estimate of drug-likeness (QED) is 0.358. The molecule has 0 heterocycles. The van der Waals surface area contributed by atoms with Crippen molar-refractivity contribution >= 4 is 23.2 Å². The molecule has 1 N–H and O–H groups in total. The molecule has 7 nitrogen and oxygen atoms in total. The molecule has 7 heteroatoms. The van der Waals surface area contributed by atoms with Crippen LogP contribution in [0.1, 0.15) is 15.9 Å². The topological polar surface area (TPSA) is 90.7 Å². The number of rotatable bonds is 7.